The third-order valence-electron chi connectivity index (χ3n) is 5.47. The molecule has 146 valence electrons. The number of Topliss-reactive ketones (excluding diaryl/α,β-unsaturated/α-hetero) is 1. The molecule has 6 heteroatoms. The number of pyridine rings is 1. The lowest BCUT2D eigenvalue weighted by molar-refractivity contribution is 0.0856. The lowest BCUT2D eigenvalue weighted by Crippen LogP contribution is -2.38. The highest BCUT2D eigenvalue weighted by Gasteiger charge is 2.26. The first kappa shape index (κ1) is 18.6. The molecule has 2 aliphatic rings. The van der Waals surface area contributed by atoms with Gasteiger partial charge in [0.25, 0.3) is 11.5 Å². The van der Waals surface area contributed by atoms with Crippen molar-refractivity contribution >= 4 is 11.7 Å². The maximum absolute atomic E-state index is 13.2. The summed E-state index contributed by atoms with van der Waals surface area (Å²) in [7, 11) is 0. The van der Waals surface area contributed by atoms with Crippen LogP contribution in [0.5, 0.6) is 0 Å². The summed E-state index contributed by atoms with van der Waals surface area (Å²) >= 11 is 0. The molecule has 1 atom stereocenters. The van der Waals surface area contributed by atoms with Crippen molar-refractivity contribution in [2.24, 2.45) is 0 Å². The SMILES string of the molecule is Cc1ccc(-n2c3c(cc(C(=O)NC[C@@H]4CCCO4)c2=O)C(=O)CCC3)cc1. The molecule has 6 nitrogen and oxygen atoms in total. The Kier molecular flexibility index (Phi) is 5.13. The molecule has 0 bridgehead atoms. The molecule has 0 radical (unpaired) electrons. The lowest BCUT2D eigenvalue weighted by Gasteiger charge is -2.22. The van der Waals surface area contributed by atoms with Gasteiger partial charge in [0, 0.05) is 36.5 Å². The van der Waals surface area contributed by atoms with E-state index in [2.05, 4.69) is 5.32 Å². The Morgan fingerprint density at radius 2 is 1.96 bits per heavy atom. The van der Waals surface area contributed by atoms with Crippen molar-refractivity contribution < 1.29 is 14.3 Å². The molecule has 1 aliphatic heterocycles. The maximum atomic E-state index is 13.2. The monoisotopic (exact) mass is 380 g/mol. The van der Waals surface area contributed by atoms with E-state index in [1.54, 1.807) is 0 Å². The largest absolute Gasteiger partial charge is 0.376 e. The Labute approximate surface area is 163 Å². The average Bonchev–Trinajstić information content (AvgIpc) is 3.21. The molecule has 0 spiro atoms. The van der Waals surface area contributed by atoms with Crippen LogP contribution in [0, 0.1) is 6.92 Å². The normalized spacial score (nSPS) is 18.8. The number of amides is 1. The smallest absolute Gasteiger partial charge is 0.268 e. The number of ether oxygens (including phenoxy) is 1. The second kappa shape index (κ2) is 7.72. The zero-order chi connectivity index (χ0) is 19.7. The van der Waals surface area contributed by atoms with Crippen LogP contribution in [-0.2, 0) is 11.2 Å². The Morgan fingerprint density at radius 3 is 2.68 bits per heavy atom. The summed E-state index contributed by atoms with van der Waals surface area (Å²) in [6.45, 7) is 3.04. The van der Waals surface area contributed by atoms with E-state index in [1.807, 2.05) is 31.2 Å². The minimum absolute atomic E-state index is 0.00701. The van der Waals surface area contributed by atoms with Crippen molar-refractivity contribution in [3.63, 3.8) is 0 Å². The van der Waals surface area contributed by atoms with Gasteiger partial charge in [-0.2, -0.15) is 0 Å². The van der Waals surface area contributed by atoms with Crippen LogP contribution in [0.3, 0.4) is 0 Å². The summed E-state index contributed by atoms with van der Waals surface area (Å²) in [5, 5.41) is 2.80. The highest BCUT2D eigenvalue weighted by molar-refractivity contribution is 6.01. The number of hydrogen-bond acceptors (Lipinski definition) is 4. The van der Waals surface area contributed by atoms with Gasteiger partial charge in [-0.05, 0) is 50.8 Å². The number of aromatic nitrogens is 1. The molecular formula is C22H24N2O4. The van der Waals surface area contributed by atoms with Crippen LogP contribution < -0.4 is 10.9 Å². The maximum Gasteiger partial charge on any atom is 0.268 e. The topological polar surface area (TPSA) is 77.4 Å². The molecule has 1 N–H and O–H groups in total. The van der Waals surface area contributed by atoms with Crippen LogP contribution in [0.1, 0.15) is 57.7 Å². The van der Waals surface area contributed by atoms with Crippen molar-refractivity contribution in [1.82, 2.24) is 9.88 Å². The Morgan fingerprint density at radius 1 is 1.18 bits per heavy atom. The van der Waals surface area contributed by atoms with Crippen LogP contribution in [0.4, 0.5) is 0 Å². The number of aryl methyl sites for hydroxylation is 1. The van der Waals surface area contributed by atoms with Crippen LogP contribution in [0.15, 0.2) is 35.1 Å². The first-order chi connectivity index (χ1) is 13.5. The van der Waals surface area contributed by atoms with E-state index in [-0.39, 0.29) is 23.0 Å². The molecule has 2 aromatic rings. The number of benzene rings is 1. The minimum atomic E-state index is -0.456. The number of carbonyl (C=O) groups is 2. The van der Waals surface area contributed by atoms with E-state index in [9.17, 15) is 14.4 Å². The van der Waals surface area contributed by atoms with Crippen LogP contribution in [0.25, 0.3) is 5.69 Å². The Balaban J connectivity index is 1.76. The third-order valence-corrected chi connectivity index (χ3v) is 5.47. The summed E-state index contributed by atoms with van der Waals surface area (Å²) in [5.41, 5.74) is 2.55. The van der Waals surface area contributed by atoms with Crippen LogP contribution >= 0.6 is 0 Å². The molecule has 4 rings (SSSR count). The molecule has 1 amide bonds. The van der Waals surface area contributed by atoms with Gasteiger partial charge in [0.1, 0.15) is 5.56 Å². The number of hydrogen-bond donors (Lipinski definition) is 1. The van der Waals surface area contributed by atoms with Gasteiger partial charge in [0.2, 0.25) is 0 Å². The first-order valence-corrected chi connectivity index (χ1v) is 9.83. The molecule has 1 saturated heterocycles. The molecule has 0 saturated carbocycles. The van der Waals surface area contributed by atoms with Gasteiger partial charge in [-0.15, -0.1) is 0 Å². The van der Waals surface area contributed by atoms with E-state index in [0.717, 1.165) is 18.4 Å². The molecule has 1 aliphatic carbocycles. The first-order valence-electron chi connectivity index (χ1n) is 9.83. The average molecular weight is 380 g/mol. The van der Waals surface area contributed by atoms with Gasteiger partial charge >= 0.3 is 0 Å². The second-order valence-electron chi connectivity index (χ2n) is 7.52. The number of rotatable bonds is 4. The summed E-state index contributed by atoms with van der Waals surface area (Å²) in [5.74, 6) is -0.474. The molecule has 28 heavy (non-hydrogen) atoms. The van der Waals surface area contributed by atoms with Crippen molar-refractivity contribution in [2.45, 2.75) is 45.1 Å². The fraction of sp³-hybridized carbons (Fsp3) is 0.409. The molecule has 2 heterocycles. The summed E-state index contributed by atoms with van der Waals surface area (Å²) in [4.78, 5) is 38.5. The summed E-state index contributed by atoms with van der Waals surface area (Å²) in [6, 6.07) is 9.02. The highest BCUT2D eigenvalue weighted by atomic mass is 16.5. The number of fused-ring (bicyclic) bond motifs is 1. The van der Waals surface area contributed by atoms with E-state index in [1.165, 1.54) is 10.6 Å². The summed E-state index contributed by atoms with van der Waals surface area (Å²) in [6.07, 6.45) is 3.66. The molecular weight excluding hydrogens is 356 g/mol. The van der Waals surface area contributed by atoms with Crippen molar-refractivity contribution in [1.29, 1.82) is 0 Å². The van der Waals surface area contributed by atoms with Gasteiger partial charge in [0.15, 0.2) is 5.78 Å². The quantitative estimate of drug-likeness (QED) is 0.884. The Bertz CT molecular complexity index is 969. The second-order valence-corrected chi connectivity index (χ2v) is 7.52. The van der Waals surface area contributed by atoms with Crippen molar-refractivity contribution in [3.05, 3.63) is 63.1 Å². The Hall–Kier alpha value is -2.73. The predicted octanol–water partition coefficient (Wildman–Crippen LogP) is 2.57. The highest BCUT2D eigenvalue weighted by Crippen LogP contribution is 2.24. The zero-order valence-electron chi connectivity index (χ0n) is 16.0. The predicted molar refractivity (Wildman–Crippen MR) is 105 cm³/mol. The fourth-order valence-electron chi connectivity index (χ4n) is 3.93. The van der Waals surface area contributed by atoms with Crippen molar-refractivity contribution in [3.8, 4) is 5.69 Å². The number of ketones is 1. The molecule has 0 unspecified atom stereocenters. The van der Waals surface area contributed by atoms with Gasteiger partial charge in [-0.1, -0.05) is 17.7 Å². The number of nitrogens with zero attached hydrogens (tertiary/aromatic N) is 1. The molecule has 1 fully saturated rings. The van der Waals surface area contributed by atoms with Crippen molar-refractivity contribution in [2.75, 3.05) is 13.2 Å². The zero-order valence-corrected chi connectivity index (χ0v) is 16.0. The van der Waals surface area contributed by atoms with E-state index < -0.39 is 5.91 Å². The summed E-state index contributed by atoms with van der Waals surface area (Å²) < 4.78 is 7.06. The lowest BCUT2D eigenvalue weighted by atomic mass is 9.92. The minimum Gasteiger partial charge on any atom is -0.376 e. The molecule has 1 aromatic heterocycles. The van der Waals surface area contributed by atoms with Crippen LogP contribution in [-0.4, -0.2) is 35.5 Å². The van der Waals surface area contributed by atoms with Gasteiger partial charge in [-0.25, -0.2) is 0 Å². The standard InChI is InChI=1S/C22H24N2O4/c1-14-7-9-15(10-8-14)24-19-5-2-6-20(25)17(19)12-18(22(24)27)21(26)23-13-16-4-3-11-28-16/h7-10,12,16H,2-6,11,13H2,1H3,(H,23,26)/t16-/m0/s1. The number of carbonyl (C=O) groups excluding carboxylic acids is 2. The van der Waals surface area contributed by atoms with E-state index >= 15 is 0 Å². The van der Waals surface area contributed by atoms with Gasteiger partial charge in [0.05, 0.1) is 6.10 Å². The van der Waals surface area contributed by atoms with Crippen LogP contribution in [0.2, 0.25) is 0 Å². The number of nitrogens with one attached hydrogen (secondary N) is 1. The van der Waals surface area contributed by atoms with E-state index in [0.29, 0.717) is 49.4 Å². The third kappa shape index (κ3) is 3.52. The molecule has 1 aromatic carbocycles. The van der Waals surface area contributed by atoms with E-state index in [4.69, 9.17) is 4.74 Å². The fourth-order valence-corrected chi connectivity index (χ4v) is 3.93. The van der Waals surface area contributed by atoms with Gasteiger partial charge < -0.3 is 10.1 Å². The van der Waals surface area contributed by atoms with Gasteiger partial charge in [-0.3, -0.25) is 19.0 Å².